The third kappa shape index (κ3) is 2.46. The van der Waals surface area contributed by atoms with Gasteiger partial charge in [-0.05, 0) is 23.8 Å². The minimum atomic E-state index is -1.11. The van der Waals surface area contributed by atoms with Crippen LogP contribution in [0.3, 0.4) is 0 Å². The highest BCUT2D eigenvalue weighted by molar-refractivity contribution is 7.88. The second kappa shape index (κ2) is 4.90. The van der Waals surface area contributed by atoms with Crippen LogP contribution in [0.1, 0.15) is 5.56 Å². The first-order valence-electron chi connectivity index (χ1n) is 4.89. The Labute approximate surface area is 96.9 Å². The minimum absolute atomic E-state index is 0.690. The number of rotatable bonds is 4. The van der Waals surface area contributed by atoms with Gasteiger partial charge in [-0.1, -0.05) is 18.7 Å². The number of hydrogen-bond acceptors (Lipinski definition) is 2. The molecule has 1 aromatic heterocycles. The molecule has 0 aliphatic rings. The molecule has 0 amide bonds. The molecular formula is C12H12N2OS. The first kappa shape index (κ1) is 10.8. The van der Waals surface area contributed by atoms with E-state index in [-0.39, 0.29) is 0 Å². The molecule has 16 heavy (non-hydrogen) atoms. The van der Waals surface area contributed by atoms with Gasteiger partial charge in [0.25, 0.3) is 0 Å². The molecule has 82 valence electrons. The average Bonchev–Trinajstić information content (AvgIpc) is 2.81. The van der Waals surface area contributed by atoms with Gasteiger partial charge in [0.05, 0.1) is 17.3 Å². The van der Waals surface area contributed by atoms with Crippen molar-refractivity contribution in [2.45, 2.75) is 11.4 Å². The Morgan fingerprint density at radius 3 is 3.00 bits per heavy atom. The molecule has 0 aliphatic heterocycles. The van der Waals surface area contributed by atoms with Gasteiger partial charge in [0.1, 0.15) is 0 Å². The van der Waals surface area contributed by atoms with Gasteiger partial charge in [-0.2, -0.15) is 5.10 Å². The van der Waals surface area contributed by atoms with Gasteiger partial charge in [-0.15, -0.1) is 0 Å². The maximum absolute atomic E-state index is 11.5. The summed E-state index contributed by atoms with van der Waals surface area (Å²) >= 11 is 0. The molecule has 0 unspecified atom stereocenters. The van der Waals surface area contributed by atoms with E-state index in [0.717, 1.165) is 10.5 Å². The van der Waals surface area contributed by atoms with Crippen molar-refractivity contribution in [3.63, 3.8) is 0 Å². The van der Waals surface area contributed by atoms with Gasteiger partial charge in [-0.3, -0.25) is 4.68 Å². The SMILES string of the molecule is C=C[S@](=O)c1cccc(Cn2cccn2)c1. The summed E-state index contributed by atoms with van der Waals surface area (Å²) in [6.45, 7) is 4.21. The molecule has 0 radical (unpaired) electrons. The van der Waals surface area contributed by atoms with E-state index in [2.05, 4.69) is 11.7 Å². The Morgan fingerprint density at radius 2 is 2.31 bits per heavy atom. The van der Waals surface area contributed by atoms with E-state index >= 15 is 0 Å². The van der Waals surface area contributed by atoms with Crippen LogP contribution in [0.4, 0.5) is 0 Å². The van der Waals surface area contributed by atoms with Gasteiger partial charge in [0.15, 0.2) is 0 Å². The summed E-state index contributed by atoms with van der Waals surface area (Å²) in [5.41, 5.74) is 1.08. The minimum Gasteiger partial charge on any atom is -0.268 e. The topological polar surface area (TPSA) is 34.9 Å². The normalized spacial score (nSPS) is 12.2. The predicted octanol–water partition coefficient (Wildman–Crippen LogP) is 2.18. The molecule has 0 fully saturated rings. The number of aromatic nitrogens is 2. The molecule has 4 heteroatoms. The average molecular weight is 232 g/mol. The van der Waals surface area contributed by atoms with Crippen molar-refractivity contribution >= 4 is 10.8 Å². The van der Waals surface area contributed by atoms with Crippen molar-refractivity contribution in [1.29, 1.82) is 0 Å². The summed E-state index contributed by atoms with van der Waals surface area (Å²) in [6.07, 6.45) is 3.64. The van der Waals surface area contributed by atoms with Crippen LogP contribution in [0.2, 0.25) is 0 Å². The highest BCUT2D eigenvalue weighted by Gasteiger charge is 2.01. The van der Waals surface area contributed by atoms with E-state index in [1.807, 2.05) is 41.2 Å². The maximum Gasteiger partial charge on any atom is 0.0770 e. The smallest absolute Gasteiger partial charge is 0.0770 e. The molecule has 3 nitrogen and oxygen atoms in total. The van der Waals surface area contributed by atoms with Crippen LogP contribution < -0.4 is 0 Å². The first-order valence-corrected chi connectivity index (χ1v) is 6.10. The van der Waals surface area contributed by atoms with Crippen LogP contribution in [0, 0.1) is 0 Å². The summed E-state index contributed by atoms with van der Waals surface area (Å²) in [4.78, 5) is 0.777. The van der Waals surface area contributed by atoms with Gasteiger partial charge >= 0.3 is 0 Å². The summed E-state index contributed by atoms with van der Waals surface area (Å²) in [5.74, 6) is 0. The maximum atomic E-state index is 11.5. The molecule has 1 atom stereocenters. The molecule has 1 heterocycles. The van der Waals surface area contributed by atoms with E-state index in [0.29, 0.717) is 6.54 Å². The van der Waals surface area contributed by atoms with Crippen LogP contribution in [0.25, 0.3) is 0 Å². The molecule has 0 bridgehead atoms. The Hall–Kier alpha value is -1.68. The number of hydrogen-bond donors (Lipinski definition) is 0. The lowest BCUT2D eigenvalue weighted by atomic mass is 10.2. The molecule has 2 aromatic rings. The first-order chi connectivity index (χ1) is 7.79. The molecule has 0 N–H and O–H groups in total. The lowest BCUT2D eigenvalue weighted by Crippen LogP contribution is -2.00. The van der Waals surface area contributed by atoms with Gasteiger partial charge in [0.2, 0.25) is 0 Å². The number of nitrogens with zero attached hydrogens (tertiary/aromatic N) is 2. The summed E-state index contributed by atoms with van der Waals surface area (Å²) in [7, 11) is -1.11. The van der Waals surface area contributed by atoms with Crippen LogP contribution in [-0.4, -0.2) is 14.0 Å². The fraction of sp³-hybridized carbons (Fsp3) is 0.0833. The molecule has 0 saturated carbocycles. The Morgan fingerprint density at radius 1 is 1.44 bits per heavy atom. The van der Waals surface area contributed by atoms with Crippen LogP contribution in [0.15, 0.2) is 59.6 Å². The van der Waals surface area contributed by atoms with Crippen LogP contribution >= 0.6 is 0 Å². The van der Waals surface area contributed by atoms with Gasteiger partial charge < -0.3 is 0 Å². The second-order valence-corrected chi connectivity index (χ2v) is 4.71. The van der Waals surface area contributed by atoms with Crippen LogP contribution in [0.5, 0.6) is 0 Å². The lowest BCUT2D eigenvalue weighted by molar-refractivity contribution is 0.681. The molecule has 0 saturated heterocycles. The van der Waals surface area contributed by atoms with Crippen LogP contribution in [-0.2, 0) is 17.3 Å². The third-order valence-electron chi connectivity index (χ3n) is 2.19. The van der Waals surface area contributed by atoms with E-state index in [4.69, 9.17) is 0 Å². The Bertz CT molecular complexity index is 505. The largest absolute Gasteiger partial charge is 0.268 e. The molecule has 1 aromatic carbocycles. The highest BCUT2D eigenvalue weighted by Crippen LogP contribution is 2.11. The van der Waals surface area contributed by atoms with E-state index in [1.165, 1.54) is 5.41 Å². The fourth-order valence-electron chi connectivity index (χ4n) is 1.45. The van der Waals surface area contributed by atoms with Crippen molar-refractivity contribution in [2.75, 3.05) is 0 Å². The highest BCUT2D eigenvalue weighted by atomic mass is 32.2. The van der Waals surface area contributed by atoms with Crippen molar-refractivity contribution in [1.82, 2.24) is 9.78 Å². The van der Waals surface area contributed by atoms with Crippen molar-refractivity contribution in [2.24, 2.45) is 0 Å². The summed E-state index contributed by atoms with van der Waals surface area (Å²) < 4.78 is 13.4. The quantitative estimate of drug-likeness (QED) is 0.810. The molecular weight excluding hydrogens is 220 g/mol. The summed E-state index contributed by atoms with van der Waals surface area (Å²) in [6, 6.07) is 9.52. The Kier molecular flexibility index (Phi) is 3.31. The van der Waals surface area contributed by atoms with E-state index in [9.17, 15) is 4.21 Å². The zero-order valence-corrected chi connectivity index (χ0v) is 9.56. The fourth-order valence-corrected chi connectivity index (χ4v) is 2.12. The monoisotopic (exact) mass is 232 g/mol. The second-order valence-electron chi connectivity index (χ2n) is 3.32. The molecule has 2 rings (SSSR count). The van der Waals surface area contributed by atoms with E-state index < -0.39 is 10.8 Å². The van der Waals surface area contributed by atoms with Crippen molar-refractivity contribution < 1.29 is 4.21 Å². The standard InChI is InChI=1S/C12H12N2OS/c1-2-16(15)12-6-3-5-11(9-12)10-14-8-4-7-13-14/h2-9H,1,10H2/t16-/m0/s1. The predicted molar refractivity (Wildman–Crippen MR) is 64.4 cm³/mol. The Balaban J connectivity index is 2.22. The summed E-state index contributed by atoms with van der Waals surface area (Å²) in [5, 5.41) is 5.56. The van der Waals surface area contributed by atoms with Gasteiger partial charge in [0, 0.05) is 22.7 Å². The molecule has 0 aliphatic carbocycles. The van der Waals surface area contributed by atoms with Gasteiger partial charge in [-0.25, -0.2) is 4.21 Å². The zero-order chi connectivity index (χ0) is 11.4. The van der Waals surface area contributed by atoms with E-state index in [1.54, 1.807) is 6.20 Å². The van der Waals surface area contributed by atoms with Crippen molar-refractivity contribution in [3.05, 3.63) is 60.3 Å². The third-order valence-corrected chi connectivity index (χ3v) is 3.21. The van der Waals surface area contributed by atoms with Crippen molar-refractivity contribution in [3.8, 4) is 0 Å². The molecule has 0 spiro atoms. The zero-order valence-electron chi connectivity index (χ0n) is 8.74. The lowest BCUT2D eigenvalue weighted by Gasteiger charge is -2.03. The number of benzene rings is 1.